The van der Waals surface area contributed by atoms with E-state index < -0.39 is 12.7 Å². The third-order valence-electron chi connectivity index (χ3n) is 1.67. The topological polar surface area (TPSA) is 24.9 Å². The number of hydrogen-bond acceptors (Lipinski definition) is 2. The number of hydrogen-bond donors (Lipinski definition) is 1. The zero-order chi connectivity index (χ0) is 10.4. The van der Waals surface area contributed by atoms with E-state index in [-0.39, 0.29) is 0 Å². The van der Waals surface area contributed by atoms with Crippen LogP contribution in [0.15, 0.2) is 24.5 Å². The summed E-state index contributed by atoms with van der Waals surface area (Å²) in [5.41, 5.74) is 0.981. The third-order valence-corrected chi connectivity index (χ3v) is 1.67. The first-order valence-corrected chi connectivity index (χ1v) is 4.24. The Morgan fingerprint density at radius 2 is 1.86 bits per heavy atom. The lowest BCUT2D eigenvalue weighted by Gasteiger charge is -2.07. The largest absolute Gasteiger partial charge is 0.401 e. The molecule has 1 aromatic heterocycles. The minimum Gasteiger partial charge on any atom is -0.308 e. The van der Waals surface area contributed by atoms with Gasteiger partial charge in [-0.2, -0.15) is 13.2 Å². The number of pyridine rings is 1. The first-order chi connectivity index (χ1) is 6.58. The van der Waals surface area contributed by atoms with Crippen LogP contribution in [0.4, 0.5) is 13.2 Å². The van der Waals surface area contributed by atoms with Crippen molar-refractivity contribution in [1.29, 1.82) is 0 Å². The smallest absolute Gasteiger partial charge is 0.308 e. The van der Waals surface area contributed by atoms with Gasteiger partial charge in [-0.3, -0.25) is 4.98 Å². The van der Waals surface area contributed by atoms with Crippen LogP contribution in [-0.4, -0.2) is 24.2 Å². The van der Waals surface area contributed by atoms with Gasteiger partial charge >= 0.3 is 6.18 Å². The Balaban J connectivity index is 2.17. The van der Waals surface area contributed by atoms with Crippen LogP contribution in [0.5, 0.6) is 0 Å². The SMILES string of the molecule is FC(F)(F)CNCCc1ccncc1. The third kappa shape index (κ3) is 4.81. The van der Waals surface area contributed by atoms with Crippen molar-refractivity contribution in [2.75, 3.05) is 13.1 Å². The molecule has 1 N–H and O–H groups in total. The van der Waals surface area contributed by atoms with Crippen molar-refractivity contribution >= 4 is 0 Å². The number of nitrogens with zero attached hydrogens (tertiary/aromatic N) is 1. The van der Waals surface area contributed by atoms with Crippen molar-refractivity contribution in [3.8, 4) is 0 Å². The fraction of sp³-hybridized carbons (Fsp3) is 0.444. The molecule has 0 unspecified atom stereocenters. The number of rotatable bonds is 4. The maximum Gasteiger partial charge on any atom is 0.401 e. The molecule has 0 aliphatic rings. The van der Waals surface area contributed by atoms with Crippen LogP contribution in [0.2, 0.25) is 0 Å². The minimum atomic E-state index is -4.13. The molecule has 0 spiro atoms. The normalized spacial score (nSPS) is 11.6. The van der Waals surface area contributed by atoms with Gasteiger partial charge in [0.1, 0.15) is 0 Å². The fourth-order valence-electron chi connectivity index (χ4n) is 1.01. The molecule has 5 heteroatoms. The summed E-state index contributed by atoms with van der Waals surface area (Å²) in [6.45, 7) is -0.610. The lowest BCUT2D eigenvalue weighted by Crippen LogP contribution is -2.30. The molecular weight excluding hydrogens is 193 g/mol. The van der Waals surface area contributed by atoms with Crippen molar-refractivity contribution in [2.24, 2.45) is 0 Å². The Kier molecular flexibility index (Phi) is 3.88. The van der Waals surface area contributed by atoms with Crippen LogP contribution in [-0.2, 0) is 6.42 Å². The van der Waals surface area contributed by atoms with Crippen molar-refractivity contribution < 1.29 is 13.2 Å². The standard InChI is InChI=1S/C9H11F3N2/c10-9(11,12)7-14-6-3-8-1-4-13-5-2-8/h1-2,4-5,14H,3,6-7H2. The van der Waals surface area contributed by atoms with Gasteiger partial charge in [-0.25, -0.2) is 0 Å². The van der Waals surface area contributed by atoms with Gasteiger partial charge in [-0.05, 0) is 30.7 Å². The van der Waals surface area contributed by atoms with Crippen molar-refractivity contribution in [3.05, 3.63) is 30.1 Å². The molecule has 2 nitrogen and oxygen atoms in total. The molecule has 1 heterocycles. The van der Waals surface area contributed by atoms with E-state index in [1.807, 2.05) is 0 Å². The summed E-state index contributed by atoms with van der Waals surface area (Å²) >= 11 is 0. The summed E-state index contributed by atoms with van der Waals surface area (Å²) in [6.07, 6.45) is -0.297. The molecule has 0 aromatic carbocycles. The molecular formula is C9H11F3N2. The Morgan fingerprint density at radius 1 is 1.21 bits per heavy atom. The predicted octanol–water partition coefficient (Wildman–Crippen LogP) is 1.78. The van der Waals surface area contributed by atoms with E-state index in [2.05, 4.69) is 10.3 Å². The van der Waals surface area contributed by atoms with E-state index >= 15 is 0 Å². The number of alkyl halides is 3. The van der Waals surface area contributed by atoms with Gasteiger partial charge in [0.25, 0.3) is 0 Å². The van der Waals surface area contributed by atoms with Gasteiger partial charge in [-0.15, -0.1) is 0 Å². The molecule has 0 radical (unpaired) electrons. The molecule has 0 aliphatic carbocycles. The summed E-state index contributed by atoms with van der Waals surface area (Å²) in [4.78, 5) is 3.81. The summed E-state index contributed by atoms with van der Waals surface area (Å²) in [7, 11) is 0. The van der Waals surface area contributed by atoms with Crippen LogP contribution < -0.4 is 5.32 Å². The first kappa shape index (κ1) is 11.0. The molecule has 0 saturated carbocycles. The predicted molar refractivity (Wildman–Crippen MR) is 46.9 cm³/mol. The summed E-state index contributed by atoms with van der Waals surface area (Å²) in [5, 5.41) is 2.33. The summed E-state index contributed by atoms with van der Waals surface area (Å²) in [6, 6.07) is 3.57. The number of halogens is 3. The monoisotopic (exact) mass is 204 g/mol. The van der Waals surface area contributed by atoms with Crippen LogP contribution in [0, 0.1) is 0 Å². The van der Waals surface area contributed by atoms with Gasteiger partial charge in [0.15, 0.2) is 0 Å². The second kappa shape index (κ2) is 4.95. The van der Waals surface area contributed by atoms with E-state index in [9.17, 15) is 13.2 Å². The van der Waals surface area contributed by atoms with Gasteiger partial charge in [-0.1, -0.05) is 0 Å². The second-order valence-electron chi connectivity index (χ2n) is 2.90. The van der Waals surface area contributed by atoms with E-state index in [1.54, 1.807) is 24.5 Å². The van der Waals surface area contributed by atoms with Crippen LogP contribution in [0.1, 0.15) is 5.56 Å². The van der Waals surface area contributed by atoms with Gasteiger partial charge in [0.2, 0.25) is 0 Å². The molecule has 1 aromatic rings. The summed E-state index contributed by atoms with van der Waals surface area (Å²) < 4.78 is 35.1. The van der Waals surface area contributed by atoms with Crippen molar-refractivity contribution in [1.82, 2.24) is 10.3 Å². The second-order valence-corrected chi connectivity index (χ2v) is 2.90. The van der Waals surface area contributed by atoms with Gasteiger partial charge in [0, 0.05) is 12.4 Å². The first-order valence-electron chi connectivity index (χ1n) is 4.24. The van der Waals surface area contributed by atoms with Crippen LogP contribution in [0.3, 0.4) is 0 Å². The zero-order valence-electron chi connectivity index (χ0n) is 7.51. The van der Waals surface area contributed by atoms with Gasteiger partial charge in [0.05, 0.1) is 6.54 Å². The van der Waals surface area contributed by atoms with Crippen molar-refractivity contribution in [3.63, 3.8) is 0 Å². The molecule has 0 atom stereocenters. The van der Waals surface area contributed by atoms with E-state index in [1.165, 1.54) is 0 Å². The Morgan fingerprint density at radius 3 is 2.43 bits per heavy atom. The molecule has 0 saturated heterocycles. The molecule has 14 heavy (non-hydrogen) atoms. The molecule has 0 amide bonds. The minimum absolute atomic E-state index is 0.323. The Labute approximate surface area is 80.2 Å². The number of aromatic nitrogens is 1. The highest BCUT2D eigenvalue weighted by atomic mass is 19.4. The lowest BCUT2D eigenvalue weighted by atomic mass is 10.2. The zero-order valence-corrected chi connectivity index (χ0v) is 7.51. The maximum absolute atomic E-state index is 11.7. The Bertz CT molecular complexity index is 259. The average molecular weight is 204 g/mol. The lowest BCUT2D eigenvalue weighted by molar-refractivity contribution is -0.124. The van der Waals surface area contributed by atoms with E-state index in [0.717, 1.165) is 5.56 Å². The maximum atomic E-state index is 11.7. The molecule has 0 bridgehead atoms. The van der Waals surface area contributed by atoms with E-state index in [0.29, 0.717) is 13.0 Å². The van der Waals surface area contributed by atoms with Crippen LogP contribution >= 0.6 is 0 Å². The molecule has 0 aliphatic heterocycles. The van der Waals surface area contributed by atoms with Crippen molar-refractivity contribution in [2.45, 2.75) is 12.6 Å². The molecule has 1 rings (SSSR count). The highest BCUT2D eigenvalue weighted by molar-refractivity contribution is 5.09. The summed E-state index contributed by atoms with van der Waals surface area (Å²) in [5.74, 6) is 0. The van der Waals surface area contributed by atoms with Crippen LogP contribution in [0.25, 0.3) is 0 Å². The van der Waals surface area contributed by atoms with Gasteiger partial charge < -0.3 is 5.32 Å². The van der Waals surface area contributed by atoms with E-state index in [4.69, 9.17) is 0 Å². The highest BCUT2D eigenvalue weighted by Gasteiger charge is 2.25. The fourth-order valence-corrected chi connectivity index (χ4v) is 1.01. The average Bonchev–Trinajstić information content (AvgIpc) is 2.13. The highest BCUT2D eigenvalue weighted by Crippen LogP contribution is 2.11. The molecule has 0 fully saturated rings. The Hall–Kier alpha value is -1.10. The molecule has 78 valence electrons. The number of nitrogens with one attached hydrogen (secondary N) is 1. The quantitative estimate of drug-likeness (QED) is 0.756.